The topological polar surface area (TPSA) is 84.3 Å². The molecule has 9 heteroatoms. The lowest BCUT2D eigenvalue weighted by Gasteiger charge is -2.31. The predicted molar refractivity (Wildman–Crippen MR) is 119 cm³/mol. The number of hydrogen-bond acceptors (Lipinski definition) is 4. The number of hydrogen-bond donors (Lipinski definition) is 1. The van der Waals surface area contributed by atoms with Crippen LogP contribution in [0.5, 0.6) is 0 Å². The largest absolute Gasteiger partial charge is 0.352 e. The Balaban J connectivity index is 1.30. The standard InChI is InChI=1S/C22H23ClN4O3S/c23-19-5-4-6-20(13-19)27-16-18(15-25-27)22(28)24-14-17-9-11-26(12-10-17)31(29,30)21-7-2-1-3-8-21/h1-8,13,15-17H,9-12,14H2,(H,24,28). The third-order valence-corrected chi connectivity index (χ3v) is 7.57. The van der Waals surface area contributed by atoms with Gasteiger partial charge in [-0.2, -0.15) is 9.40 Å². The van der Waals surface area contributed by atoms with Crippen LogP contribution >= 0.6 is 11.6 Å². The van der Waals surface area contributed by atoms with Gasteiger partial charge < -0.3 is 5.32 Å². The molecule has 3 aromatic rings. The van der Waals surface area contributed by atoms with Crippen molar-refractivity contribution < 1.29 is 13.2 Å². The zero-order valence-corrected chi connectivity index (χ0v) is 18.4. The van der Waals surface area contributed by atoms with Crippen molar-refractivity contribution in [3.8, 4) is 5.69 Å². The van der Waals surface area contributed by atoms with E-state index in [2.05, 4.69) is 10.4 Å². The van der Waals surface area contributed by atoms with Crippen LogP contribution in [0.2, 0.25) is 5.02 Å². The molecule has 1 aliphatic heterocycles. The van der Waals surface area contributed by atoms with Crippen LogP contribution in [-0.2, 0) is 10.0 Å². The summed E-state index contributed by atoms with van der Waals surface area (Å²) in [6.07, 6.45) is 4.59. The molecule has 0 atom stereocenters. The number of rotatable bonds is 6. The smallest absolute Gasteiger partial charge is 0.254 e. The number of piperidine rings is 1. The van der Waals surface area contributed by atoms with Crippen molar-refractivity contribution in [3.05, 3.63) is 77.6 Å². The Morgan fingerprint density at radius 3 is 2.55 bits per heavy atom. The van der Waals surface area contributed by atoms with Gasteiger partial charge in [-0.25, -0.2) is 13.1 Å². The second-order valence-electron chi connectivity index (χ2n) is 7.52. The van der Waals surface area contributed by atoms with Gasteiger partial charge in [0.05, 0.1) is 22.3 Å². The summed E-state index contributed by atoms with van der Waals surface area (Å²) in [6.45, 7) is 1.40. The van der Waals surface area contributed by atoms with Gasteiger partial charge in [-0.15, -0.1) is 0 Å². The third kappa shape index (κ3) is 4.98. The Morgan fingerprint density at radius 2 is 1.84 bits per heavy atom. The highest BCUT2D eigenvalue weighted by molar-refractivity contribution is 7.89. The molecular formula is C22H23ClN4O3S. The van der Waals surface area contributed by atoms with Crippen molar-refractivity contribution in [3.63, 3.8) is 0 Å². The first-order chi connectivity index (χ1) is 14.9. The third-order valence-electron chi connectivity index (χ3n) is 5.42. The van der Waals surface area contributed by atoms with Crippen molar-refractivity contribution in [2.75, 3.05) is 19.6 Å². The van der Waals surface area contributed by atoms with Crippen molar-refractivity contribution in [2.24, 2.45) is 5.92 Å². The van der Waals surface area contributed by atoms with E-state index in [9.17, 15) is 13.2 Å². The summed E-state index contributed by atoms with van der Waals surface area (Å²) < 4.78 is 28.6. The van der Waals surface area contributed by atoms with Gasteiger partial charge in [0, 0.05) is 30.9 Å². The van der Waals surface area contributed by atoms with Gasteiger partial charge >= 0.3 is 0 Å². The van der Waals surface area contributed by atoms with E-state index in [0.717, 1.165) is 5.69 Å². The molecule has 2 aromatic carbocycles. The number of nitrogens with zero attached hydrogens (tertiary/aromatic N) is 3. The first-order valence-electron chi connectivity index (χ1n) is 10.1. The molecule has 31 heavy (non-hydrogen) atoms. The summed E-state index contributed by atoms with van der Waals surface area (Å²) in [7, 11) is -3.46. The van der Waals surface area contributed by atoms with E-state index in [1.165, 1.54) is 10.5 Å². The van der Waals surface area contributed by atoms with Gasteiger partial charge in [0.1, 0.15) is 0 Å². The lowest BCUT2D eigenvalue weighted by Crippen LogP contribution is -2.41. The number of benzene rings is 2. The molecule has 1 saturated heterocycles. The minimum absolute atomic E-state index is 0.201. The number of sulfonamides is 1. The molecule has 7 nitrogen and oxygen atoms in total. The normalized spacial score (nSPS) is 15.6. The minimum atomic E-state index is -3.46. The zero-order valence-electron chi connectivity index (χ0n) is 16.8. The molecule has 4 rings (SSSR count). The second kappa shape index (κ2) is 9.21. The van der Waals surface area contributed by atoms with Crippen molar-refractivity contribution in [1.29, 1.82) is 0 Å². The van der Waals surface area contributed by atoms with Gasteiger partial charge in [0.25, 0.3) is 5.91 Å². The number of carbonyl (C=O) groups is 1. The molecule has 162 valence electrons. The molecule has 0 saturated carbocycles. The summed E-state index contributed by atoms with van der Waals surface area (Å²) in [5.74, 6) is 0.0294. The maximum atomic E-state index is 12.7. The van der Waals surface area contributed by atoms with Crippen LogP contribution in [0.25, 0.3) is 5.69 Å². The van der Waals surface area contributed by atoms with Crippen molar-refractivity contribution >= 4 is 27.5 Å². The fraction of sp³-hybridized carbons (Fsp3) is 0.273. The molecule has 1 aliphatic rings. The van der Waals surface area contributed by atoms with Crippen LogP contribution in [0.1, 0.15) is 23.2 Å². The molecule has 1 aromatic heterocycles. The maximum Gasteiger partial charge on any atom is 0.254 e. The van der Waals surface area contributed by atoms with E-state index in [4.69, 9.17) is 11.6 Å². The van der Waals surface area contributed by atoms with Crippen LogP contribution in [0.4, 0.5) is 0 Å². The summed E-state index contributed by atoms with van der Waals surface area (Å²) in [4.78, 5) is 12.8. The van der Waals surface area contributed by atoms with Gasteiger partial charge in [-0.1, -0.05) is 35.9 Å². The number of amides is 1. The first-order valence-corrected chi connectivity index (χ1v) is 11.9. The quantitative estimate of drug-likeness (QED) is 0.613. The maximum absolute atomic E-state index is 12.7. The Hall–Kier alpha value is -2.68. The molecule has 0 unspecified atom stereocenters. The lowest BCUT2D eigenvalue weighted by atomic mass is 9.98. The van der Waals surface area contributed by atoms with E-state index in [0.29, 0.717) is 48.0 Å². The van der Waals surface area contributed by atoms with E-state index in [-0.39, 0.29) is 11.8 Å². The van der Waals surface area contributed by atoms with Gasteiger partial charge in [0.15, 0.2) is 0 Å². The van der Waals surface area contributed by atoms with E-state index in [1.54, 1.807) is 53.3 Å². The molecule has 1 fully saturated rings. The summed E-state index contributed by atoms with van der Waals surface area (Å²) in [5, 5.41) is 7.77. The Kier molecular flexibility index (Phi) is 6.41. The minimum Gasteiger partial charge on any atom is -0.352 e. The van der Waals surface area contributed by atoms with E-state index < -0.39 is 10.0 Å². The first kappa shape index (κ1) is 21.5. The van der Waals surface area contributed by atoms with E-state index >= 15 is 0 Å². The number of carbonyl (C=O) groups excluding carboxylic acids is 1. The van der Waals surface area contributed by atoms with Crippen LogP contribution in [-0.4, -0.2) is 48.0 Å². The molecule has 0 radical (unpaired) electrons. The van der Waals surface area contributed by atoms with Crippen LogP contribution in [0.3, 0.4) is 0 Å². The molecule has 1 N–H and O–H groups in total. The number of aromatic nitrogens is 2. The molecule has 0 aliphatic carbocycles. The summed E-state index contributed by atoms with van der Waals surface area (Å²) >= 11 is 6.01. The highest BCUT2D eigenvalue weighted by Gasteiger charge is 2.29. The van der Waals surface area contributed by atoms with Gasteiger partial charge in [-0.3, -0.25) is 4.79 Å². The molecule has 2 heterocycles. The van der Waals surface area contributed by atoms with Crippen molar-refractivity contribution in [1.82, 2.24) is 19.4 Å². The Bertz CT molecular complexity index is 1160. The lowest BCUT2D eigenvalue weighted by molar-refractivity contribution is 0.0941. The average Bonchev–Trinajstić information content (AvgIpc) is 3.29. The fourth-order valence-corrected chi connectivity index (χ4v) is 5.31. The second-order valence-corrected chi connectivity index (χ2v) is 9.90. The number of halogens is 1. The Labute approximate surface area is 186 Å². The van der Waals surface area contributed by atoms with Crippen LogP contribution in [0.15, 0.2) is 71.9 Å². The SMILES string of the molecule is O=C(NCC1CCN(S(=O)(=O)c2ccccc2)CC1)c1cnn(-c2cccc(Cl)c2)c1. The Morgan fingerprint density at radius 1 is 1.10 bits per heavy atom. The summed E-state index contributed by atoms with van der Waals surface area (Å²) in [5.41, 5.74) is 1.24. The highest BCUT2D eigenvalue weighted by Crippen LogP contribution is 2.23. The van der Waals surface area contributed by atoms with Crippen molar-refractivity contribution in [2.45, 2.75) is 17.7 Å². The van der Waals surface area contributed by atoms with Gasteiger partial charge in [-0.05, 0) is 49.1 Å². The van der Waals surface area contributed by atoms with Crippen LogP contribution < -0.4 is 5.32 Å². The van der Waals surface area contributed by atoms with E-state index in [1.807, 2.05) is 12.1 Å². The monoisotopic (exact) mass is 458 g/mol. The molecule has 1 amide bonds. The number of nitrogens with one attached hydrogen (secondary N) is 1. The molecular weight excluding hydrogens is 436 g/mol. The van der Waals surface area contributed by atoms with Crippen LogP contribution in [0, 0.1) is 5.92 Å². The zero-order chi connectivity index (χ0) is 21.8. The molecule has 0 spiro atoms. The fourth-order valence-electron chi connectivity index (χ4n) is 3.63. The predicted octanol–water partition coefficient (Wildman–Crippen LogP) is 3.36. The average molecular weight is 459 g/mol. The molecule has 0 bridgehead atoms. The highest BCUT2D eigenvalue weighted by atomic mass is 35.5. The summed E-state index contributed by atoms with van der Waals surface area (Å²) in [6, 6.07) is 15.7. The van der Waals surface area contributed by atoms with Gasteiger partial charge in [0.2, 0.25) is 10.0 Å².